The van der Waals surface area contributed by atoms with E-state index in [2.05, 4.69) is 9.88 Å². The first kappa shape index (κ1) is 13.1. The van der Waals surface area contributed by atoms with Crippen LogP contribution in [0.3, 0.4) is 0 Å². The van der Waals surface area contributed by atoms with Gasteiger partial charge in [-0.15, -0.1) is 0 Å². The van der Waals surface area contributed by atoms with Crippen LogP contribution >= 0.6 is 0 Å². The SMILES string of the molecule is CCCC1(C(=O)O)CCCN1Cc1nccn1C. The monoisotopic (exact) mass is 251 g/mol. The predicted octanol–water partition coefficient (Wildman–Crippen LogP) is 1.64. The van der Waals surface area contributed by atoms with Gasteiger partial charge in [0.2, 0.25) is 0 Å². The zero-order valence-electron chi connectivity index (χ0n) is 11.1. The lowest BCUT2D eigenvalue weighted by Gasteiger charge is -2.34. The number of imidazole rings is 1. The van der Waals surface area contributed by atoms with Crippen molar-refractivity contribution in [3.8, 4) is 0 Å². The summed E-state index contributed by atoms with van der Waals surface area (Å²) in [6, 6.07) is 0. The highest BCUT2D eigenvalue weighted by Crippen LogP contribution is 2.34. The fourth-order valence-electron chi connectivity index (χ4n) is 2.93. The number of nitrogens with zero attached hydrogens (tertiary/aromatic N) is 3. The zero-order chi connectivity index (χ0) is 13.2. The predicted molar refractivity (Wildman–Crippen MR) is 68.1 cm³/mol. The third-order valence-electron chi connectivity index (χ3n) is 3.94. The molecular formula is C13H21N3O2. The van der Waals surface area contributed by atoms with E-state index in [-0.39, 0.29) is 0 Å². The van der Waals surface area contributed by atoms with Crippen LogP contribution in [0.25, 0.3) is 0 Å². The molecule has 1 atom stereocenters. The normalized spacial score (nSPS) is 24.6. The highest BCUT2D eigenvalue weighted by molar-refractivity contribution is 5.79. The number of carboxylic acids is 1. The Labute approximate surface area is 107 Å². The van der Waals surface area contributed by atoms with E-state index in [1.54, 1.807) is 6.20 Å². The van der Waals surface area contributed by atoms with Crippen molar-refractivity contribution < 1.29 is 9.90 Å². The molecule has 1 fully saturated rings. The Bertz CT molecular complexity index is 430. The first-order chi connectivity index (χ1) is 8.60. The number of aliphatic carboxylic acids is 1. The highest BCUT2D eigenvalue weighted by Gasteiger charge is 2.46. The minimum atomic E-state index is -0.684. The van der Waals surface area contributed by atoms with E-state index in [0.717, 1.165) is 31.6 Å². The molecule has 0 spiro atoms. The van der Waals surface area contributed by atoms with Crippen LogP contribution in [0.1, 0.15) is 38.4 Å². The molecule has 18 heavy (non-hydrogen) atoms. The Morgan fingerprint density at radius 1 is 1.61 bits per heavy atom. The lowest BCUT2D eigenvalue weighted by Crippen LogP contribution is -2.50. The summed E-state index contributed by atoms with van der Waals surface area (Å²) in [7, 11) is 1.95. The Morgan fingerprint density at radius 2 is 2.39 bits per heavy atom. The minimum Gasteiger partial charge on any atom is -0.480 e. The average molecular weight is 251 g/mol. The zero-order valence-corrected chi connectivity index (χ0v) is 11.1. The summed E-state index contributed by atoms with van der Waals surface area (Å²) in [5, 5.41) is 9.59. The van der Waals surface area contributed by atoms with Crippen LogP contribution in [0.2, 0.25) is 0 Å². The lowest BCUT2D eigenvalue weighted by atomic mass is 9.90. The average Bonchev–Trinajstić information content (AvgIpc) is 2.89. The molecule has 2 heterocycles. The van der Waals surface area contributed by atoms with Crippen LogP contribution in [0, 0.1) is 0 Å². The van der Waals surface area contributed by atoms with Crippen molar-refractivity contribution in [1.29, 1.82) is 0 Å². The summed E-state index contributed by atoms with van der Waals surface area (Å²) in [4.78, 5) is 18.0. The van der Waals surface area contributed by atoms with E-state index in [4.69, 9.17) is 0 Å². The second-order valence-corrected chi connectivity index (χ2v) is 5.07. The second-order valence-electron chi connectivity index (χ2n) is 5.07. The Kier molecular flexibility index (Phi) is 3.71. The summed E-state index contributed by atoms with van der Waals surface area (Å²) in [6.45, 7) is 3.51. The Morgan fingerprint density at radius 3 is 2.94 bits per heavy atom. The van der Waals surface area contributed by atoms with Gasteiger partial charge in [0.25, 0.3) is 0 Å². The summed E-state index contributed by atoms with van der Waals surface area (Å²) in [5.74, 6) is 0.245. The maximum atomic E-state index is 11.7. The van der Waals surface area contributed by atoms with Gasteiger partial charge < -0.3 is 9.67 Å². The molecule has 0 amide bonds. The molecule has 1 N–H and O–H groups in total. The van der Waals surface area contributed by atoms with Gasteiger partial charge in [0.1, 0.15) is 11.4 Å². The van der Waals surface area contributed by atoms with Crippen molar-refractivity contribution >= 4 is 5.97 Å². The van der Waals surface area contributed by atoms with Gasteiger partial charge in [0.05, 0.1) is 6.54 Å². The smallest absolute Gasteiger partial charge is 0.324 e. The van der Waals surface area contributed by atoms with E-state index in [0.29, 0.717) is 13.0 Å². The van der Waals surface area contributed by atoms with Gasteiger partial charge in [0.15, 0.2) is 0 Å². The van der Waals surface area contributed by atoms with E-state index in [9.17, 15) is 9.90 Å². The largest absolute Gasteiger partial charge is 0.480 e. The molecule has 0 radical (unpaired) electrons. The first-order valence-corrected chi connectivity index (χ1v) is 6.55. The number of carbonyl (C=O) groups is 1. The topological polar surface area (TPSA) is 58.4 Å². The molecule has 5 nitrogen and oxygen atoms in total. The summed E-state index contributed by atoms with van der Waals surface area (Å²) >= 11 is 0. The third kappa shape index (κ3) is 2.14. The van der Waals surface area contributed by atoms with E-state index in [1.807, 2.05) is 24.7 Å². The molecule has 2 rings (SSSR count). The molecule has 0 aromatic carbocycles. The molecule has 0 bridgehead atoms. The molecule has 5 heteroatoms. The molecule has 100 valence electrons. The molecular weight excluding hydrogens is 230 g/mol. The van der Waals surface area contributed by atoms with E-state index >= 15 is 0 Å². The van der Waals surface area contributed by atoms with Crippen molar-refractivity contribution in [2.45, 2.75) is 44.7 Å². The van der Waals surface area contributed by atoms with Crippen molar-refractivity contribution in [3.63, 3.8) is 0 Å². The number of hydrogen-bond acceptors (Lipinski definition) is 3. The number of carboxylic acid groups (broad SMARTS) is 1. The Balaban J connectivity index is 2.20. The van der Waals surface area contributed by atoms with Crippen LogP contribution in [0.5, 0.6) is 0 Å². The fraction of sp³-hybridized carbons (Fsp3) is 0.692. The molecule has 0 aliphatic carbocycles. The van der Waals surface area contributed by atoms with Gasteiger partial charge in [-0.05, 0) is 25.8 Å². The summed E-state index contributed by atoms with van der Waals surface area (Å²) in [6.07, 6.45) is 6.97. The molecule has 0 saturated carbocycles. The van der Waals surface area contributed by atoms with Crippen molar-refractivity contribution in [2.24, 2.45) is 7.05 Å². The van der Waals surface area contributed by atoms with Gasteiger partial charge in [0, 0.05) is 19.4 Å². The molecule has 1 aliphatic heterocycles. The van der Waals surface area contributed by atoms with Crippen LogP contribution in [-0.2, 0) is 18.4 Å². The quantitative estimate of drug-likeness (QED) is 0.864. The van der Waals surface area contributed by atoms with Crippen molar-refractivity contribution in [3.05, 3.63) is 18.2 Å². The maximum Gasteiger partial charge on any atom is 0.324 e. The van der Waals surface area contributed by atoms with Crippen molar-refractivity contribution in [1.82, 2.24) is 14.5 Å². The summed E-state index contributed by atoms with van der Waals surface area (Å²) < 4.78 is 1.96. The molecule has 1 aromatic rings. The number of aromatic nitrogens is 2. The maximum absolute atomic E-state index is 11.7. The molecule has 1 aliphatic rings. The van der Waals surface area contributed by atoms with Crippen LogP contribution in [-0.4, -0.2) is 37.6 Å². The standard InChI is InChI=1S/C13H21N3O2/c1-3-5-13(12(17)18)6-4-8-16(13)10-11-14-7-9-15(11)2/h7,9H,3-6,8,10H2,1-2H3,(H,17,18). The van der Waals surface area contributed by atoms with E-state index in [1.165, 1.54) is 0 Å². The fourth-order valence-corrected chi connectivity index (χ4v) is 2.93. The van der Waals surface area contributed by atoms with Crippen LogP contribution in [0.4, 0.5) is 0 Å². The minimum absolute atomic E-state index is 0.621. The lowest BCUT2D eigenvalue weighted by molar-refractivity contribution is -0.150. The van der Waals surface area contributed by atoms with Crippen LogP contribution < -0.4 is 0 Å². The second kappa shape index (κ2) is 5.10. The highest BCUT2D eigenvalue weighted by atomic mass is 16.4. The Hall–Kier alpha value is -1.36. The number of hydrogen-bond donors (Lipinski definition) is 1. The molecule has 1 aromatic heterocycles. The van der Waals surface area contributed by atoms with Gasteiger partial charge in [-0.3, -0.25) is 9.69 Å². The molecule has 1 saturated heterocycles. The van der Waals surface area contributed by atoms with Gasteiger partial charge in [-0.1, -0.05) is 13.3 Å². The summed E-state index contributed by atoms with van der Waals surface area (Å²) in [5.41, 5.74) is -0.680. The van der Waals surface area contributed by atoms with Gasteiger partial charge in [-0.2, -0.15) is 0 Å². The first-order valence-electron chi connectivity index (χ1n) is 6.55. The number of likely N-dealkylation sites (tertiary alicyclic amines) is 1. The number of rotatable bonds is 5. The molecule has 1 unspecified atom stereocenters. The van der Waals surface area contributed by atoms with Crippen LogP contribution in [0.15, 0.2) is 12.4 Å². The number of aryl methyl sites for hydroxylation is 1. The van der Waals surface area contributed by atoms with E-state index < -0.39 is 11.5 Å². The van der Waals surface area contributed by atoms with Crippen molar-refractivity contribution in [2.75, 3.05) is 6.54 Å². The van der Waals surface area contributed by atoms with Gasteiger partial charge in [-0.25, -0.2) is 4.98 Å². The third-order valence-corrected chi connectivity index (χ3v) is 3.94. The van der Waals surface area contributed by atoms with Gasteiger partial charge >= 0.3 is 5.97 Å².